The average molecular weight is 641 g/mol. The summed E-state index contributed by atoms with van der Waals surface area (Å²) in [5, 5.41) is 20.9. The molecule has 4 aromatic rings. The maximum atomic E-state index is 10.3. The number of likely N-dealkylation sites (N-methyl/N-ethyl adjacent to an activating group) is 2. The minimum atomic E-state index is -0.0380. The Labute approximate surface area is 275 Å². The number of benzene rings is 4. The summed E-state index contributed by atoms with van der Waals surface area (Å²) in [5.74, 6) is -0.0217. The van der Waals surface area contributed by atoms with Crippen molar-refractivity contribution in [1.29, 1.82) is 0 Å². The molecule has 45 heavy (non-hydrogen) atoms. The van der Waals surface area contributed by atoms with Gasteiger partial charge in [0.15, 0.2) is 11.5 Å². The number of rotatable bonds is 4. The van der Waals surface area contributed by atoms with Crippen LogP contribution < -0.4 is 4.90 Å². The third-order valence-corrected chi connectivity index (χ3v) is 11.1. The van der Waals surface area contributed by atoms with Gasteiger partial charge in [0.1, 0.15) is 0 Å². The van der Waals surface area contributed by atoms with Crippen molar-refractivity contribution in [2.45, 2.75) is 35.1 Å². The lowest BCUT2D eigenvalue weighted by Crippen LogP contribution is -2.45. The first-order valence-corrected chi connectivity index (χ1v) is 17.2. The Hall–Kier alpha value is -3.20. The van der Waals surface area contributed by atoms with E-state index >= 15 is 0 Å². The molecule has 234 valence electrons. The van der Waals surface area contributed by atoms with E-state index in [0.29, 0.717) is 6.04 Å². The summed E-state index contributed by atoms with van der Waals surface area (Å²) in [5.41, 5.74) is 8.26. The van der Waals surface area contributed by atoms with Crippen LogP contribution in [0.3, 0.4) is 0 Å². The highest BCUT2D eigenvalue weighted by molar-refractivity contribution is 7.99. The fourth-order valence-corrected chi connectivity index (χ4v) is 8.48. The molecule has 8 heteroatoms. The van der Waals surface area contributed by atoms with Crippen molar-refractivity contribution >= 4 is 34.7 Å². The second-order valence-corrected chi connectivity index (χ2v) is 14.1. The van der Waals surface area contributed by atoms with E-state index in [-0.39, 0.29) is 11.5 Å². The van der Waals surface area contributed by atoms with Crippen LogP contribution in [0.5, 0.6) is 11.5 Å². The largest absolute Gasteiger partial charge is 0.504 e. The number of halogens is 1. The van der Waals surface area contributed by atoms with Gasteiger partial charge in [0.2, 0.25) is 0 Å². The molecule has 0 saturated carbocycles. The molecule has 0 radical (unpaired) electrons. The number of hydrogen-bond acceptors (Lipinski definition) is 7. The summed E-state index contributed by atoms with van der Waals surface area (Å²) in [6.07, 6.45) is 3.10. The number of aromatic hydroxyl groups is 2. The van der Waals surface area contributed by atoms with Gasteiger partial charge in [-0.3, -0.25) is 4.90 Å². The molecule has 2 N–H and O–H groups in total. The zero-order valence-electron chi connectivity index (χ0n) is 26.0. The van der Waals surface area contributed by atoms with E-state index in [4.69, 9.17) is 11.6 Å². The maximum Gasteiger partial charge on any atom is 0.165 e. The van der Waals surface area contributed by atoms with Crippen LogP contribution in [0.25, 0.3) is 11.1 Å². The minimum absolute atomic E-state index is 0.0163. The summed E-state index contributed by atoms with van der Waals surface area (Å²) < 4.78 is 0. The molecule has 1 aliphatic carbocycles. The molecule has 6 nitrogen and oxygen atoms in total. The van der Waals surface area contributed by atoms with Crippen LogP contribution in [0.15, 0.2) is 82.6 Å². The van der Waals surface area contributed by atoms with Crippen LogP contribution in [-0.2, 0) is 12.8 Å². The lowest BCUT2D eigenvalue weighted by Gasteiger charge is -2.39. The number of phenols is 2. The van der Waals surface area contributed by atoms with Crippen LogP contribution in [0.4, 0.5) is 11.4 Å². The van der Waals surface area contributed by atoms with Crippen LogP contribution in [0.1, 0.15) is 29.2 Å². The van der Waals surface area contributed by atoms with Crippen molar-refractivity contribution in [2.75, 3.05) is 64.8 Å². The normalized spacial score (nSPS) is 19.1. The molecule has 0 amide bonds. The Kier molecular flexibility index (Phi) is 8.73. The van der Waals surface area contributed by atoms with Gasteiger partial charge in [-0.1, -0.05) is 59.8 Å². The first-order valence-electron chi connectivity index (χ1n) is 16.0. The van der Waals surface area contributed by atoms with Gasteiger partial charge >= 0.3 is 0 Å². The van der Waals surface area contributed by atoms with E-state index in [1.807, 2.05) is 23.9 Å². The molecule has 1 saturated heterocycles. The standard InChI is InChI=1S/C20H24ClN3S.C17H17NO2/c1-22-11-13-23(14-12-22)9-4-10-24-17-5-2-3-6-19(17)25-20-8-7-16(21)15-18(20)24;1-18-8-7-10-3-2-4-12-15(10)13(18)9-11-5-6-14(19)17(20)16(11)12/h2-3,5-8,15H,4,9-14H2,1H3;2-6,13,19-20H,7-9H2,1H3/t;13-/m.1/s1. The van der Waals surface area contributed by atoms with Gasteiger partial charge in [-0.2, -0.15) is 0 Å². The first kappa shape index (κ1) is 30.5. The van der Waals surface area contributed by atoms with E-state index in [0.717, 1.165) is 60.6 Å². The van der Waals surface area contributed by atoms with E-state index in [1.54, 1.807) is 6.07 Å². The number of phenolic OH excluding ortho intramolecular Hbond substituents is 2. The topological polar surface area (TPSA) is 53.4 Å². The predicted molar refractivity (Wildman–Crippen MR) is 186 cm³/mol. The third kappa shape index (κ3) is 6.05. The molecule has 0 bridgehead atoms. The van der Waals surface area contributed by atoms with Gasteiger partial charge in [-0.25, -0.2) is 0 Å². The fourth-order valence-electron chi connectivity index (χ4n) is 7.24. The van der Waals surface area contributed by atoms with Crippen molar-refractivity contribution in [3.63, 3.8) is 0 Å². The number of nitrogens with zero attached hydrogens (tertiary/aromatic N) is 4. The number of anilines is 2. The lowest BCUT2D eigenvalue weighted by molar-refractivity contribution is 0.153. The van der Waals surface area contributed by atoms with Crippen molar-refractivity contribution in [3.8, 4) is 22.6 Å². The highest BCUT2D eigenvalue weighted by Gasteiger charge is 2.34. The van der Waals surface area contributed by atoms with Crippen LogP contribution in [0, 0.1) is 0 Å². The Morgan fingerprint density at radius 2 is 1.60 bits per heavy atom. The zero-order chi connectivity index (χ0) is 31.1. The average Bonchev–Trinajstić information content (AvgIpc) is 3.05. The van der Waals surface area contributed by atoms with E-state index in [2.05, 4.69) is 88.3 Å². The molecule has 1 fully saturated rings. The number of hydrogen-bond donors (Lipinski definition) is 2. The Morgan fingerprint density at radius 3 is 2.44 bits per heavy atom. The SMILES string of the molecule is CN1CCN(CCCN2c3ccccc3Sc3ccc(Cl)cc32)CC1.CN1CCc2cccc3c2[C@H]1Cc1ccc(O)c(O)c1-3. The Balaban J connectivity index is 0.000000148. The summed E-state index contributed by atoms with van der Waals surface area (Å²) in [4.78, 5) is 12.5. The highest BCUT2D eigenvalue weighted by atomic mass is 35.5. The maximum absolute atomic E-state index is 10.3. The van der Waals surface area contributed by atoms with E-state index in [9.17, 15) is 10.2 Å². The molecule has 1 atom stereocenters. The van der Waals surface area contributed by atoms with Crippen LogP contribution in [0.2, 0.25) is 5.02 Å². The van der Waals surface area contributed by atoms with Gasteiger partial charge in [0, 0.05) is 65.7 Å². The van der Waals surface area contributed by atoms with Crippen LogP contribution in [-0.4, -0.2) is 84.8 Å². The highest BCUT2D eigenvalue weighted by Crippen LogP contribution is 2.50. The van der Waals surface area contributed by atoms with Gasteiger partial charge in [0.05, 0.1) is 11.4 Å². The molecule has 3 heterocycles. The molecule has 8 rings (SSSR count). The fraction of sp³-hybridized carbons (Fsp3) is 0.351. The van der Waals surface area contributed by atoms with Gasteiger partial charge < -0.3 is 24.9 Å². The second-order valence-electron chi connectivity index (χ2n) is 12.6. The van der Waals surface area contributed by atoms with Gasteiger partial charge in [0.25, 0.3) is 0 Å². The molecule has 0 aromatic heterocycles. The van der Waals surface area contributed by atoms with Gasteiger partial charge in [-0.05, 0) is 98.6 Å². The van der Waals surface area contributed by atoms with Crippen molar-refractivity contribution in [2.24, 2.45) is 0 Å². The molecule has 3 aliphatic heterocycles. The smallest absolute Gasteiger partial charge is 0.165 e. The lowest BCUT2D eigenvalue weighted by atomic mass is 9.77. The first-order chi connectivity index (χ1) is 21.9. The van der Waals surface area contributed by atoms with Crippen molar-refractivity contribution in [1.82, 2.24) is 14.7 Å². The molecule has 0 spiro atoms. The monoisotopic (exact) mass is 640 g/mol. The molecule has 4 aliphatic rings. The number of piperazine rings is 1. The molecular formula is C37H41ClN4O2S. The zero-order valence-corrected chi connectivity index (χ0v) is 27.6. The van der Waals surface area contributed by atoms with E-state index in [1.165, 1.54) is 58.5 Å². The Bertz CT molecular complexity index is 1710. The van der Waals surface area contributed by atoms with Gasteiger partial charge in [-0.15, -0.1) is 0 Å². The molecule has 0 unspecified atom stereocenters. The summed E-state index contributed by atoms with van der Waals surface area (Å²) >= 11 is 8.13. The number of para-hydroxylation sites is 1. The van der Waals surface area contributed by atoms with Crippen LogP contribution >= 0.6 is 23.4 Å². The minimum Gasteiger partial charge on any atom is -0.504 e. The molecular weight excluding hydrogens is 600 g/mol. The second kappa shape index (κ2) is 12.9. The predicted octanol–water partition coefficient (Wildman–Crippen LogP) is 7.43. The summed E-state index contributed by atoms with van der Waals surface area (Å²) in [6, 6.07) is 25.1. The quantitative estimate of drug-likeness (QED) is 0.225. The summed E-state index contributed by atoms with van der Waals surface area (Å²) in [7, 11) is 4.37. The summed E-state index contributed by atoms with van der Waals surface area (Å²) in [6.45, 7) is 7.99. The van der Waals surface area contributed by atoms with E-state index < -0.39 is 0 Å². The number of fused-ring (bicyclic) bond motifs is 4. The molecule has 4 aromatic carbocycles. The Morgan fingerprint density at radius 1 is 0.800 bits per heavy atom. The van der Waals surface area contributed by atoms with Crippen molar-refractivity contribution < 1.29 is 10.2 Å². The van der Waals surface area contributed by atoms with Crippen molar-refractivity contribution in [3.05, 3.63) is 94.5 Å². The third-order valence-electron chi connectivity index (χ3n) is 9.76.